The van der Waals surface area contributed by atoms with Crippen LogP contribution in [-0.2, 0) is 0 Å². The zero-order valence-electron chi connectivity index (χ0n) is 29.3. The minimum atomic E-state index is 1.12. The number of para-hydroxylation sites is 2. The van der Waals surface area contributed by atoms with Crippen molar-refractivity contribution in [2.75, 3.05) is 9.80 Å². The van der Waals surface area contributed by atoms with Gasteiger partial charge in [-0.1, -0.05) is 128 Å². The Morgan fingerprint density at radius 2 is 1.02 bits per heavy atom. The molecule has 4 heteroatoms. The van der Waals surface area contributed by atoms with Gasteiger partial charge in [-0.2, -0.15) is 0 Å². The van der Waals surface area contributed by atoms with Crippen molar-refractivity contribution in [1.82, 2.24) is 0 Å². The third-order valence-electron chi connectivity index (χ3n) is 9.78. The van der Waals surface area contributed by atoms with Crippen LogP contribution in [0, 0.1) is 6.92 Å². The predicted molar refractivity (Wildman–Crippen MR) is 233 cm³/mol. The molecule has 254 valence electrons. The molecule has 0 fully saturated rings. The van der Waals surface area contributed by atoms with Gasteiger partial charge < -0.3 is 9.80 Å². The lowest BCUT2D eigenvalue weighted by Crippen LogP contribution is -2.10. The minimum absolute atomic E-state index is 1.12. The van der Waals surface area contributed by atoms with Gasteiger partial charge in [0.25, 0.3) is 0 Å². The molecule has 53 heavy (non-hydrogen) atoms. The van der Waals surface area contributed by atoms with Crippen LogP contribution in [0.5, 0.6) is 0 Å². The van der Waals surface area contributed by atoms with E-state index in [9.17, 15) is 0 Å². The maximum Gasteiger partial charge on any atom is 0.0640 e. The van der Waals surface area contributed by atoms with E-state index in [0.29, 0.717) is 0 Å². The summed E-state index contributed by atoms with van der Waals surface area (Å²) in [5.74, 6) is 0. The van der Waals surface area contributed by atoms with Gasteiger partial charge >= 0.3 is 0 Å². The van der Waals surface area contributed by atoms with E-state index in [1.807, 2.05) is 34.8 Å². The predicted octanol–water partition coefficient (Wildman–Crippen LogP) is 15.4. The molecule has 2 nitrogen and oxygen atoms in total. The summed E-state index contributed by atoms with van der Waals surface area (Å²) in [4.78, 5) is 6.07. The number of aryl methyl sites for hydroxylation is 1. The van der Waals surface area contributed by atoms with Gasteiger partial charge in [-0.3, -0.25) is 0 Å². The lowest BCUT2D eigenvalue weighted by atomic mass is 10.0. The van der Waals surface area contributed by atoms with E-state index >= 15 is 0 Å². The Balaban J connectivity index is 1.21. The smallest absolute Gasteiger partial charge is 0.0640 e. The van der Waals surface area contributed by atoms with Gasteiger partial charge in [0.15, 0.2) is 0 Å². The lowest BCUT2D eigenvalue weighted by molar-refractivity contribution is 1.29. The molecule has 0 bridgehead atoms. The topological polar surface area (TPSA) is 6.48 Å². The first-order chi connectivity index (χ1) is 26.2. The van der Waals surface area contributed by atoms with E-state index in [4.69, 9.17) is 0 Å². The van der Waals surface area contributed by atoms with Crippen LogP contribution in [0.2, 0.25) is 0 Å². The largest absolute Gasteiger partial charge is 0.310 e. The lowest BCUT2D eigenvalue weighted by Gasteiger charge is -2.26. The number of rotatable bonds is 9. The van der Waals surface area contributed by atoms with Crippen molar-refractivity contribution in [1.29, 1.82) is 0 Å². The summed E-state index contributed by atoms with van der Waals surface area (Å²) in [5.41, 5.74) is 10.5. The molecule has 0 N–H and O–H groups in total. The van der Waals surface area contributed by atoms with E-state index < -0.39 is 0 Å². The number of allylic oxidation sites excluding steroid dienone is 2. The molecule has 0 spiro atoms. The SMILES string of the molecule is C=C/C=C\c1c(C)sc2cc(N(c3ccc(-c4ccccc4)cc3)c3cccc4c3sc3cc(N(c5ccccc5)c5ccccc5)ccc34)ccc12. The van der Waals surface area contributed by atoms with Gasteiger partial charge in [0, 0.05) is 58.9 Å². The summed E-state index contributed by atoms with van der Waals surface area (Å²) >= 11 is 3.71. The van der Waals surface area contributed by atoms with E-state index in [0.717, 1.165) is 28.4 Å². The first-order valence-electron chi connectivity index (χ1n) is 17.8. The highest BCUT2D eigenvalue weighted by Gasteiger charge is 2.21. The number of anilines is 6. The molecule has 0 unspecified atom stereocenters. The molecule has 0 aliphatic carbocycles. The fraction of sp³-hybridized carbons (Fsp3) is 0.0204. The second-order valence-corrected chi connectivity index (χ2v) is 15.3. The molecule has 2 heterocycles. The van der Waals surface area contributed by atoms with Crippen LogP contribution in [0.1, 0.15) is 10.4 Å². The number of hydrogen-bond acceptors (Lipinski definition) is 4. The maximum atomic E-state index is 3.89. The van der Waals surface area contributed by atoms with Crippen LogP contribution in [0.3, 0.4) is 0 Å². The number of nitrogens with zero attached hydrogens (tertiary/aromatic N) is 2. The Kier molecular flexibility index (Phi) is 8.68. The molecule has 0 aliphatic heterocycles. The van der Waals surface area contributed by atoms with Crippen LogP contribution in [-0.4, -0.2) is 0 Å². The number of benzene rings is 7. The fourth-order valence-electron chi connectivity index (χ4n) is 7.29. The molecule has 9 rings (SSSR count). The molecular weight excluding hydrogens is 681 g/mol. The normalized spacial score (nSPS) is 11.5. The summed E-state index contributed by atoms with van der Waals surface area (Å²) in [6, 6.07) is 61.4. The van der Waals surface area contributed by atoms with Gasteiger partial charge in [-0.15, -0.1) is 22.7 Å². The van der Waals surface area contributed by atoms with Gasteiger partial charge in [-0.25, -0.2) is 0 Å². The minimum Gasteiger partial charge on any atom is -0.310 e. The molecule has 7 aromatic carbocycles. The Morgan fingerprint density at radius 1 is 0.472 bits per heavy atom. The number of thiophene rings is 2. The third-order valence-corrected chi connectivity index (χ3v) is 12.1. The van der Waals surface area contributed by atoms with E-state index in [1.54, 1.807) is 0 Å². The molecule has 0 saturated carbocycles. The average Bonchev–Trinajstić information content (AvgIpc) is 3.74. The van der Waals surface area contributed by atoms with Crippen molar-refractivity contribution in [3.05, 3.63) is 199 Å². The summed E-state index contributed by atoms with van der Waals surface area (Å²) in [7, 11) is 0. The first kappa shape index (κ1) is 32.7. The van der Waals surface area contributed by atoms with Crippen molar-refractivity contribution in [3.8, 4) is 11.1 Å². The average molecular weight is 717 g/mol. The Hall–Kier alpha value is -6.20. The van der Waals surface area contributed by atoms with Crippen molar-refractivity contribution in [2.24, 2.45) is 0 Å². The van der Waals surface area contributed by atoms with Crippen molar-refractivity contribution >= 4 is 93.1 Å². The van der Waals surface area contributed by atoms with Crippen LogP contribution < -0.4 is 9.80 Å². The highest BCUT2D eigenvalue weighted by molar-refractivity contribution is 7.26. The summed E-state index contributed by atoms with van der Waals surface area (Å²) < 4.78 is 3.78. The van der Waals surface area contributed by atoms with E-state index in [2.05, 4.69) is 199 Å². The molecule has 0 radical (unpaired) electrons. The van der Waals surface area contributed by atoms with Gasteiger partial charge in [0.1, 0.15) is 0 Å². The fourth-order valence-corrected chi connectivity index (χ4v) is 9.61. The molecule has 0 amide bonds. The highest BCUT2D eigenvalue weighted by atomic mass is 32.1. The zero-order valence-corrected chi connectivity index (χ0v) is 30.9. The van der Waals surface area contributed by atoms with Gasteiger partial charge in [0.05, 0.1) is 10.4 Å². The molecule has 2 aromatic heterocycles. The van der Waals surface area contributed by atoms with Crippen LogP contribution >= 0.6 is 22.7 Å². The van der Waals surface area contributed by atoms with Crippen LogP contribution in [0.25, 0.3) is 47.5 Å². The second kappa shape index (κ2) is 14.1. The van der Waals surface area contributed by atoms with Gasteiger partial charge in [0.2, 0.25) is 0 Å². The quantitative estimate of drug-likeness (QED) is 0.137. The zero-order chi connectivity index (χ0) is 35.7. The van der Waals surface area contributed by atoms with Crippen molar-refractivity contribution in [3.63, 3.8) is 0 Å². The monoisotopic (exact) mass is 716 g/mol. The van der Waals surface area contributed by atoms with Crippen LogP contribution in [0.4, 0.5) is 34.1 Å². The number of hydrogen-bond donors (Lipinski definition) is 0. The summed E-state index contributed by atoms with van der Waals surface area (Å²) in [5, 5.41) is 3.79. The standard InChI is InChI=1S/C49H36N2S2/c1-3-4-21-42-34(2)52-47-33-41(29-30-43(42)47)51(39-26-24-36(25-27-39)35-15-8-5-9-16-35)46-23-14-22-45-44-31-28-40(32-48(44)53-49(45)46)50(37-17-10-6-11-18-37)38-19-12-7-13-20-38/h3-33H,1H2,2H3/b21-4-. The Labute approximate surface area is 318 Å². The van der Waals surface area contributed by atoms with Crippen molar-refractivity contribution < 1.29 is 0 Å². The maximum absolute atomic E-state index is 3.89. The molecule has 0 atom stereocenters. The Bertz CT molecular complexity index is 2700. The van der Waals surface area contributed by atoms with E-state index in [-0.39, 0.29) is 0 Å². The highest BCUT2D eigenvalue weighted by Crippen LogP contribution is 2.47. The summed E-state index contributed by atoms with van der Waals surface area (Å²) in [6.45, 7) is 6.09. The van der Waals surface area contributed by atoms with Gasteiger partial charge in [-0.05, 0) is 90.3 Å². The molecule has 0 aliphatic rings. The third kappa shape index (κ3) is 6.12. The molecular formula is C49H36N2S2. The second-order valence-electron chi connectivity index (χ2n) is 13.0. The first-order valence-corrected chi connectivity index (χ1v) is 19.4. The van der Waals surface area contributed by atoms with Crippen molar-refractivity contribution in [2.45, 2.75) is 6.92 Å². The molecule has 0 saturated heterocycles. The van der Waals surface area contributed by atoms with Crippen LogP contribution in [0.15, 0.2) is 189 Å². The summed E-state index contributed by atoms with van der Waals surface area (Å²) in [6.07, 6.45) is 6.03. The van der Waals surface area contributed by atoms with E-state index in [1.165, 1.54) is 57.5 Å². The molecule has 9 aromatic rings. The Morgan fingerprint density at radius 3 is 1.68 bits per heavy atom. The number of fused-ring (bicyclic) bond motifs is 4.